The number of nitrogens with zero attached hydrogens (tertiary/aromatic N) is 1. The molecule has 0 atom stereocenters. The summed E-state index contributed by atoms with van der Waals surface area (Å²) in [7, 11) is 1.98. The molecule has 0 unspecified atom stereocenters. The Morgan fingerprint density at radius 2 is 1.94 bits per heavy atom. The fourth-order valence-electron chi connectivity index (χ4n) is 1.35. The van der Waals surface area contributed by atoms with Crippen LogP contribution in [0.25, 0.3) is 0 Å². The largest absolute Gasteiger partial charge is 0.481 e. The second-order valence-electron chi connectivity index (χ2n) is 5.05. The van der Waals surface area contributed by atoms with Gasteiger partial charge >= 0.3 is 12.0 Å². The number of amides is 2. The number of nitrogens with one attached hydrogen (secondary N) is 2. The summed E-state index contributed by atoms with van der Waals surface area (Å²) in [6, 6.07) is -0.255. The molecule has 6 heteroatoms. The lowest BCUT2D eigenvalue weighted by Crippen LogP contribution is -2.49. The number of likely N-dealkylation sites (N-methyl/N-ethyl adjacent to an activating group) is 1. The van der Waals surface area contributed by atoms with Crippen molar-refractivity contribution in [2.24, 2.45) is 0 Å². The summed E-state index contributed by atoms with van der Waals surface area (Å²) in [6.45, 7) is 7.98. The molecule has 0 saturated carbocycles. The highest BCUT2D eigenvalue weighted by Gasteiger charge is 2.21. The maximum Gasteiger partial charge on any atom is 0.315 e. The van der Waals surface area contributed by atoms with Gasteiger partial charge < -0.3 is 20.6 Å². The summed E-state index contributed by atoms with van der Waals surface area (Å²) in [5.41, 5.74) is -0.515. The number of carbonyl (C=O) groups is 2. The van der Waals surface area contributed by atoms with E-state index in [2.05, 4.69) is 22.5 Å². The van der Waals surface area contributed by atoms with E-state index in [4.69, 9.17) is 5.11 Å². The molecule has 106 valence electrons. The van der Waals surface area contributed by atoms with Gasteiger partial charge in [-0.2, -0.15) is 0 Å². The van der Waals surface area contributed by atoms with Crippen molar-refractivity contribution in [3.63, 3.8) is 0 Å². The summed E-state index contributed by atoms with van der Waals surface area (Å²) >= 11 is 0. The first kappa shape index (κ1) is 16.7. The van der Waals surface area contributed by atoms with E-state index >= 15 is 0 Å². The Kier molecular flexibility index (Phi) is 7.35. The predicted molar refractivity (Wildman–Crippen MR) is 70.7 cm³/mol. The molecule has 2 amide bonds. The van der Waals surface area contributed by atoms with E-state index in [1.54, 1.807) is 0 Å². The van der Waals surface area contributed by atoms with Gasteiger partial charge in [0.05, 0.1) is 0 Å². The van der Waals surface area contributed by atoms with Crippen molar-refractivity contribution in [1.82, 2.24) is 15.5 Å². The molecule has 0 aliphatic carbocycles. The topological polar surface area (TPSA) is 81.7 Å². The van der Waals surface area contributed by atoms with Crippen LogP contribution in [0.1, 0.15) is 33.6 Å². The summed E-state index contributed by atoms with van der Waals surface area (Å²) in [5.74, 6) is -0.852. The average molecular weight is 259 g/mol. The minimum Gasteiger partial charge on any atom is -0.481 e. The third kappa shape index (κ3) is 8.81. The Bertz CT molecular complexity index is 280. The monoisotopic (exact) mass is 259 g/mol. The van der Waals surface area contributed by atoms with Gasteiger partial charge in [0.2, 0.25) is 0 Å². The number of carbonyl (C=O) groups excluding carboxylic acids is 1. The van der Waals surface area contributed by atoms with Gasteiger partial charge in [0.25, 0.3) is 0 Å². The summed E-state index contributed by atoms with van der Waals surface area (Å²) in [6.07, 6.45) is 0.455. The zero-order chi connectivity index (χ0) is 14.2. The number of urea groups is 1. The molecule has 3 N–H and O–H groups in total. The zero-order valence-electron chi connectivity index (χ0n) is 11.7. The van der Waals surface area contributed by atoms with Crippen LogP contribution in [0, 0.1) is 0 Å². The highest BCUT2D eigenvalue weighted by atomic mass is 16.4. The highest BCUT2D eigenvalue weighted by Crippen LogP contribution is 2.10. The maximum atomic E-state index is 11.6. The molecule has 0 bridgehead atoms. The standard InChI is InChI=1S/C12H25N3O3/c1-5-15(4)9-8-13-11(18)14-12(2,3)7-6-10(16)17/h5-9H2,1-4H3,(H,16,17)(H2,13,14,18). The van der Waals surface area contributed by atoms with Crippen LogP contribution in [0.3, 0.4) is 0 Å². The lowest BCUT2D eigenvalue weighted by Gasteiger charge is -2.26. The maximum absolute atomic E-state index is 11.6. The zero-order valence-corrected chi connectivity index (χ0v) is 11.7. The lowest BCUT2D eigenvalue weighted by atomic mass is 9.99. The molecule has 0 heterocycles. The summed E-state index contributed by atoms with van der Waals surface area (Å²) < 4.78 is 0. The number of rotatable bonds is 8. The van der Waals surface area contributed by atoms with E-state index in [1.807, 2.05) is 20.9 Å². The molecule has 0 aliphatic rings. The number of hydrogen-bond donors (Lipinski definition) is 3. The first-order chi connectivity index (χ1) is 8.26. The minimum absolute atomic E-state index is 0.0475. The molecule has 0 spiro atoms. The quantitative estimate of drug-likeness (QED) is 0.604. The van der Waals surface area contributed by atoms with Gasteiger partial charge in [0, 0.05) is 25.0 Å². The van der Waals surface area contributed by atoms with Gasteiger partial charge in [0.1, 0.15) is 0 Å². The van der Waals surface area contributed by atoms with Crippen molar-refractivity contribution in [2.45, 2.75) is 39.2 Å². The molecule has 0 rings (SSSR count). The SMILES string of the molecule is CCN(C)CCNC(=O)NC(C)(C)CCC(=O)O. The first-order valence-electron chi connectivity index (χ1n) is 6.23. The van der Waals surface area contributed by atoms with Crippen LogP contribution in [0.5, 0.6) is 0 Å². The number of hydrogen-bond acceptors (Lipinski definition) is 3. The van der Waals surface area contributed by atoms with Crippen molar-refractivity contribution in [3.8, 4) is 0 Å². The van der Waals surface area contributed by atoms with Crippen LogP contribution in [0.2, 0.25) is 0 Å². The molecule has 0 aromatic carbocycles. The van der Waals surface area contributed by atoms with E-state index in [0.717, 1.165) is 13.1 Å². The molecule has 0 radical (unpaired) electrons. The Balaban J connectivity index is 3.88. The van der Waals surface area contributed by atoms with Crippen LogP contribution >= 0.6 is 0 Å². The normalized spacial score (nSPS) is 11.4. The predicted octanol–water partition coefficient (Wildman–Crippen LogP) is 0.881. The second kappa shape index (κ2) is 7.92. The highest BCUT2D eigenvalue weighted by molar-refractivity contribution is 5.74. The number of carboxylic acids is 1. The molecular weight excluding hydrogens is 234 g/mol. The van der Waals surface area contributed by atoms with Gasteiger partial charge in [-0.1, -0.05) is 6.92 Å². The molecule has 0 aromatic rings. The Morgan fingerprint density at radius 1 is 1.33 bits per heavy atom. The second-order valence-corrected chi connectivity index (χ2v) is 5.05. The van der Waals surface area contributed by atoms with E-state index < -0.39 is 11.5 Å². The van der Waals surface area contributed by atoms with Crippen LogP contribution < -0.4 is 10.6 Å². The molecule has 0 aromatic heterocycles. The van der Waals surface area contributed by atoms with Gasteiger partial charge in [-0.3, -0.25) is 4.79 Å². The molecule has 18 heavy (non-hydrogen) atoms. The Labute approximate surface area is 109 Å². The van der Waals surface area contributed by atoms with Crippen LogP contribution in [0.4, 0.5) is 4.79 Å². The first-order valence-corrected chi connectivity index (χ1v) is 6.23. The lowest BCUT2D eigenvalue weighted by molar-refractivity contribution is -0.137. The molecule has 0 saturated heterocycles. The average Bonchev–Trinajstić information content (AvgIpc) is 2.25. The molecule has 0 fully saturated rings. The third-order valence-corrected chi connectivity index (χ3v) is 2.73. The molecule has 0 aliphatic heterocycles. The Morgan fingerprint density at radius 3 is 2.44 bits per heavy atom. The smallest absolute Gasteiger partial charge is 0.315 e. The summed E-state index contributed by atoms with van der Waals surface area (Å²) in [5, 5.41) is 14.1. The van der Waals surface area contributed by atoms with E-state index in [0.29, 0.717) is 13.0 Å². The number of aliphatic carboxylic acids is 1. The van der Waals surface area contributed by atoms with Crippen LogP contribution in [-0.2, 0) is 4.79 Å². The van der Waals surface area contributed by atoms with Gasteiger partial charge in [-0.15, -0.1) is 0 Å². The Hall–Kier alpha value is -1.30. The van der Waals surface area contributed by atoms with E-state index in [1.165, 1.54) is 0 Å². The van der Waals surface area contributed by atoms with Crippen molar-refractivity contribution in [1.29, 1.82) is 0 Å². The van der Waals surface area contributed by atoms with Gasteiger partial charge in [0.15, 0.2) is 0 Å². The van der Waals surface area contributed by atoms with Crippen molar-refractivity contribution in [3.05, 3.63) is 0 Å². The van der Waals surface area contributed by atoms with Crippen LogP contribution in [0.15, 0.2) is 0 Å². The van der Waals surface area contributed by atoms with Gasteiger partial charge in [-0.05, 0) is 33.9 Å². The molecule has 6 nitrogen and oxygen atoms in total. The molecular formula is C12H25N3O3. The minimum atomic E-state index is -0.852. The van der Waals surface area contributed by atoms with Crippen molar-refractivity contribution < 1.29 is 14.7 Å². The summed E-state index contributed by atoms with van der Waals surface area (Å²) in [4.78, 5) is 24.2. The van der Waals surface area contributed by atoms with Crippen molar-refractivity contribution in [2.75, 3.05) is 26.7 Å². The van der Waals surface area contributed by atoms with E-state index in [-0.39, 0.29) is 12.5 Å². The third-order valence-electron chi connectivity index (χ3n) is 2.73. The van der Waals surface area contributed by atoms with Crippen LogP contribution in [-0.4, -0.2) is 54.2 Å². The van der Waals surface area contributed by atoms with E-state index in [9.17, 15) is 9.59 Å². The number of carboxylic acid groups (broad SMARTS) is 1. The fraction of sp³-hybridized carbons (Fsp3) is 0.833. The van der Waals surface area contributed by atoms with Gasteiger partial charge in [-0.25, -0.2) is 4.79 Å². The van der Waals surface area contributed by atoms with Crippen molar-refractivity contribution >= 4 is 12.0 Å². The fourth-order valence-corrected chi connectivity index (χ4v) is 1.35.